The fraction of sp³-hybridized carbons (Fsp3) is 0.333. The second-order valence-electron chi connectivity index (χ2n) is 5.20. The molecule has 1 fully saturated rings. The third kappa shape index (κ3) is 2.38. The van der Waals surface area contributed by atoms with Crippen molar-refractivity contribution < 1.29 is 4.79 Å². The fourth-order valence-electron chi connectivity index (χ4n) is 2.44. The zero-order valence-electron chi connectivity index (χ0n) is 11.5. The molecule has 1 aliphatic heterocycles. The van der Waals surface area contributed by atoms with Gasteiger partial charge in [0, 0.05) is 23.9 Å². The molecule has 1 unspecified atom stereocenters. The predicted molar refractivity (Wildman–Crippen MR) is 82.7 cm³/mol. The summed E-state index contributed by atoms with van der Waals surface area (Å²) in [7, 11) is 0. The first kappa shape index (κ1) is 13.4. The molecule has 104 valence electrons. The summed E-state index contributed by atoms with van der Waals surface area (Å²) in [5.74, 6) is 0.985. The van der Waals surface area contributed by atoms with Gasteiger partial charge in [0.25, 0.3) is 0 Å². The van der Waals surface area contributed by atoms with Gasteiger partial charge in [0.2, 0.25) is 5.91 Å². The average molecular weight is 334 g/mol. The van der Waals surface area contributed by atoms with Crippen LogP contribution in [0, 0.1) is 13.8 Å². The smallest absolute Gasteiger partial charge is 0.229 e. The topological polar surface area (TPSA) is 38.1 Å². The molecule has 0 aliphatic carbocycles. The van der Waals surface area contributed by atoms with E-state index in [9.17, 15) is 4.79 Å². The Hall–Kier alpha value is -1.62. The molecule has 20 heavy (non-hydrogen) atoms. The predicted octanol–water partition coefficient (Wildman–Crippen LogP) is 2.99. The monoisotopic (exact) mass is 333 g/mol. The summed E-state index contributed by atoms with van der Waals surface area (Å²) in [4.78, 5) is 14.1. The first-order valence-electron chi connectivity index (χ1n) is 6.63. The second-order valence-corrected chi connectivity index (χ2v) is 6.49. The summed E-state index contributed by atoms with van der Waals surface area (Å²) in [5.41, 5.74) is 3.09. The lowest BCUT2D eigenvalue weighted by molar-refractivity contribution is -0.117. The molecule has 4 nitrogen and oxygen atoms in total. The van der Waals surface area contributed by atoms with E-state index in [1.54, 1.807) is 4.90 Å². The molecule has 0 spiro atoms. The van der Waals surface area contributed by atoms with Crippen molar-refractivity contribution in [3.8, 4) is 5.69 Å². The van der Waals surface area contributed by atoms with Gasteiger partial charge in [-0.2, -0.15) is 5.10 Å². The van der Waals surface area contributed by atoms with Crippen LogP contribution in [0.25, 0.3) is 5.69 Å². The van der Waals surface area contributed by atoms with Gasteiger partial charge in [-0.25, -0.2) is 4.68 Å². The molecule has 1 aromatic carbocycles. The standard InChI is InChI=1S/C15H16BrN3O/c1-10-3-5-13(6-4-10)19-14(7-11(2)17-19)18-9-12(16)8-15(18)20/h3-7,12H,8-9H2,1-2H3. The largest absolute Gasteiger partial charge is 0.296 e. The van der Waals surface area contributed by atoms with E-state index in [0.717, 1.165) is 17.2 Å². The minimum atomic E-state index is 0.139. The summed E-state index contributed by atoms with van der Waals surface area (Å²) >= 11 is 3.52. The number of amides is 1. The average Bonchev–Trinajstić information content (AvgIpc) is 2.93. The number of alkyl halides is 1. The molecule has 5 heteroatoms. The lowest BCUT2D eigenvalue weighted by Gasteiger charge is -2.17. The van der Waals surface area contributed by atoms with Crippen molar-refractivity contribution in [3.63, 3.8) is 0 Å². The minimum Gasteiger partial charge on any atom is -0.296 e. The van der Waals surface area contributed by atoms with Gasteiger partial charge in [-0.15, -0.1) is 0 Å². The summed E-state index contributed by atoms with van der Waals surface area (Å²) < 4.78 is 1.84. The van der Waals surface area contributed by atoms with Gasteiger partial charge in [0.1, 0.15) is 5.82 Å². The van der Waals surface area contributed by atoms with Crippen LogP contribution in [0.15, 0.2) is 30.3 Å². The van der Waals surface area contributed by atoms with Gasteiger partial charge >= 0.3 is 0 Å². The molecule has 0 N–H and O–H groups in total. The molecule has 1 aliphatic rings. The number of anilines is 1. The Morgan fingerprint density at radius 2 is 1.95 bits per heavy atom. The molecule has 1 saturated heterocycles. The number of aromatic nitrogens is 2. The summed E-state index contributed by atoms with van der Waals surface area (Å²) in [6.07, 6.45) is 0.540. The molecule has 0 bridgehead atoms. The Bertz CT molecular complexity index is 648. The van der Waals surface area contributed by atoms with Crippen LogP contribution in [0.3, 0.4) is 0 Å². The number of benzene rings is 1. The van der Waals surface area contributed by atoms with E-state index in [-0.39, 0.29) is 10.7 Å². The summed E-state index contributed by atoms with van der Waals surface area (Å²) in [6.45, 7) is 4.69. The molecule has 2 heterocycles. The molecule has 0 radical (unpaired) electrons. The maximum absolute atomic E-state index is 12.1. The highest BCUT2D eigenvalue weighted by Gasteiger charge is 2.31. The van der Waals surface area contributed by atoms with Crippen LogP contribution in [0.5, 0.6) is 0 Å². The van der Waals surface area contributed by atoms with Crippen molar-refractivity contribution in [3.05, 3.63) is 41.6 Å². The van der Waals surface area contributed by atoms with Crippen molar-refractivity contribution in [2.24, 2.45) is 0 Å². The zero-order chi connectivity index (χ0) is 14.3. The number of nitrogens with zero attached hydrogens (tertiary/aromatic N) is 3. The Morgan fingerprint density at radius 3 is 2.55 bits per heavy atom. The Kier molecular flexibility index (Phi) is 3.38. The SMILES string of the molecule is Cc1ccc(-n2nc(C)cc2N2CC(Br)CC2=O)cc1. The van der Waals surface area contributed by atoms with Gasteiger partial charge in [0.15, 0.2) is 0 Å². The molecule has 1 atom stereocenters. The number of carbonyl (C=O) groups is 1. The first-order valence-corrected chi connectivity index (χ1v) is 7.54. The Morgan fingerprint density at radius 1 is 1.25 bits per heavy atom. The van der Waals surface area contributed by atoms with E-state index >= 15 is 0 Å². The molecule has 1 aromatic heterocycles. The third-order valence-electron chi connectivity index (χ3n) is 3.45. The van der Waals surface area contributed by atoms with E-state index in [4.69, 9.17) is 0 Å². The third-order valence-corrected chi connectivity index (χ3v) is 4.06. The molecule has 1 amide bonds. The van der Waals surface area contributed by atoms with E-state index in [1.165, 1.54) is 5.56 Å². The highest BCUT2D eigenvalue weighted by Crippen LogP contribution is 2.28. The van der Waals surface area contributed by atoms with Crippen molar-refractivity contribution in [1.29, 1.82) is 0 Å². The number of rotatable bonds is 2. The summed E-state index contributed by atoms with van der Waals surface area (Å²) in [5, 5.41) is 4.52. The maximum Gasteiger partial charge on any atom is 0.229 e. The molecule has 3 rings (SSSR count). The zero-order valence-corrected chi connectivity index (χ0v) is 13.1. The van der Waals surface area contributed by atoms with Crippen molar-refractivity contribution in [2.75, 3.05) is 11.4 Å². The van der Waals surface area contributed by atoms with Crippen molar-refractivity contribution in [2.45, 2.75) is 25.1 Å². The normalized spacial score (nSPS) is 18.9. The quantitative estimate of drug-likeness (QED) is 0.792. The lowest BCUT2D eigenvalue weighted by Crippen LogP contribution is -2.27. The number of carbonyl (C=O) groups excluding carboxylic acids is 1. The Balaban J connectivity index is 2.04. The van der Waals surface area contributed by atoms with Crippen molar-refractivity contribution in [1.82, 2.24) is 9.78 Å². The van der Waals surface area contributed by atoms with Crippen LogP contribution in [0.1, 0.15) is 17.7 Å². The lowest BCUT2D eigenvalue weighted by atomic mass is 10.2. The van der Waals surface area contributed by atoms with Crippen LogP contribution in [-0.4, -0.2) is 27.1 Å². The number of hydrogen-bond donors (Lipinski definition) is 0. The summed E-state index contributed by atoms with van der Waals surface area (Å²) in [6, 6.07) is 10.1. The van der Waals surface area contributed by atoms with Gasteiger partial charge < -0.3 is 0 Å². The van der Waals surface area contributed by atoms with Crippen LogP contribution < -0.4 is 4.90 Å². The molecule has 2 aromatic rings. The fourth-order valence-corrected chi connectivity index (χ4v) is 3.01. The molecular formula is C15H16BrN3O. The van der Waals surface area contributed by atoms with Gasteiger partial charge in [-0.1, -0.05) is 33.6 Å². The van der Waals surface area contributed by atoms with Crippen LogP contribution >= 0.6 is 15.9 Å². The van der Waals surface area contributed by atoms with Gasteiger partial charge in [-0.05, 0) is 26.0 Å². The molecule has 0 saturated carbocycles. The van der Waals surface area contributed by atoms with E-state index in [2.05, 4.69) is 40.1 Å². The highest BCUT2D eigenvalue weighted by molar-refractivity contribution is 9.09. The van der Waals surface area contributed by atoms with Crippen LogP contribution in [0.4, 0.5) is 5.82 Å². The van der Waals surface area contributed by atoms with Gasteiger partial charge in [-0.3, -0.25) is 9.69 Å². The van der Waals surface area contributed by atoms with E-state index in [0.29, 0.717) is 13.0 Å². The van der Waals surface area contributed by atoms with Crippen LogP contribution in [-0.2, 0) is 4.79 Å². The second kappa shape index (κ2) is 5.05. The number of halogens is 1. The van der Waals surface area contributed by atoms with Crippen LogP contribution in [0.2, 0.25) is 0 Å². The van der Waals surface area contributed by atoms with E-state index in [1.807, 2.05) is 29.8 Å². The molecular weight excluding hydrogens is 318 g/mol. The Labute approximate surface area is 126 Å². The minimum absolute atomic E-state index is 0.139. The number of aryl methyl sites for hydroxylation is 2. The maximum atomic E-state index is 12.1. The van der Waals surface area contributed by atoms with E-state index < -0.39 is 0 Å². The first-order chi connectivity index (χ1) is 9.54. The van der Waals surface area contributed by atoms with Crippen molar-refractivity contribution >= 4 is 27.7 Å². The number of hydrogen-bond acceptors (Lipinski definition) is 2. The highest BCUT2D eigenvalue weighted by atomic mass is 79.9. The van der Waals surface area contributed by atoms with Gasteiger partial charge in [0.05, 0.1) is 11.4 Å².